The van der Waals surface area contributed by atoms with Gasteiger partial charge in [-0.15, -0.1) is 0 Å². The average molecular weight is 644 g/mol. The minimum Gasteiger partial charge on any atom is -0.399 e. The van der Waals surface area contributed by atoms with Crippen LogP contribution in [0.2, 0.25) is 40.2 Å². The smallest absolute Gasteiger partial charge is 0.0654 e. The minimum atomic E-state index is 0.272. The highest BCUT2D eigenvalue weighted by atomic mass is 35.5. The van der Waals surface area contributed by atoms with E-state index in [1.165, 1.54) is 11.8 Å². The van der Waals surface area contributed by atoms with Crippen LogP contribution in [0.5, 0.6) is 0 Å². The quantitative estimate of drug-likeness (QED) is 0.218. The second kappa shape index (κ2) is 10.9. The van der Waals surface area contributed by atoms with Gasteiger partial charge in [0.1, 0.15) is 0 Å². The lowest BCUT2D eigenvalue weighted by molar-refractivity contribution is 1.40. The van der Waals surface area contributed by atoms with Crippen LogP contribution >= 0.6 is 105 Å². The Bertz CT molecular complexity index is 1380. The van der Waals surface area contributed by atoms with Crippen molar-refractivity contribution in [3.63, 3.8) is 0 Å². The molecule has 2 nitrogen and oxygen atoms in total. The summed E-state index contributed by atoms with van der Waals surface area (Å²) in [5.74, 6) is 0. The molecule has 0 aliphatic rings. The molecule has 180 valence electrons. The highest BCUT2D eigenvalue weighted by molar-refractivity contribution is 7.99. The summed E-state index contributed by atoms with van der Waals surface area (Å²) >= 11 is 53.8. The van der Waals surface area contributed by atoms with Crippen LogP contribution in [0, 0.1) is 0 Å². The van der Waals surface area contributed by atoms with Crippen LogP contribution in [-0.2, 0) is 0 Å². The van der Waals surface area contributed by atoms with Crippen molar-refractivity contribution < 1.29 is 0 Å². The molecule has 0 atom stereocenters. The van der Waals surface area contributed by atoms with Crippen LogP contribution in [0.15, 0.2) is 58.3 Å². The standard InChI is InChI=1S/C24H12Cl8N2S/c25-13-5-9(33)1-3-11(13)19-15(27)7-17(29)23(21(19)31)35-24-18(30)8-16(28)20(22(24)32)12-4-2-10(34)6-14(12)26/h1-8H,33-34H2. The van der Waals surface area contributed by atoms with E-state index in [2.05, 4.69) is 0 Å². The normalized spacial score (nSPS) is 11.2. The maximum atomic E-state index is 6.82. The van der Waals surface area contributed by atoms with Crippen molar-refractivity contribution in [1.82, 2.24) is 0 Å². The highest BCUT2D eigenvalue weighted by Crippen LogP contribution is 2.53. The van der Waals surface area contributed by atoms with Crippen LogP contribution in [0.25, 0.3) is 22.3 Å². The molecule has 0 aliphatic heterocycles. The summed E-state index contributed by atoms with van der Waals surface area (Å²) in [5, 5.41) is 2.55. The number of nitrogen functional groups attached to an aromatic ring is 2. The molecular formula is C24H12Cl8N2S. The molecule has 0 radical (unpaired) electrons. The molecular weight excluding hydrogens is 632 g/mol. The van der Waals surface area contributed by atoms with E-state index in [0.29, 0.717) is 73.6 Å². The maximum absolute atomic E-state index is 6.82. The SMILES string of the molecule is Nc1ccc(-c2c(Cl)cc(Cl)c(Sc3c(Cl)cc(Cl)c(-c4ccc(N)cc4Cl)c3Cl)c2Cl)c(Cl)c1. The Morgan fingerprint density at radius 3 is 1.17 bits per heavy atom. The van der Waals surface area contributed by atoms with E-state index in [9.17, 15) is 0 Å². The third-order valence-corrected chi connectivity index (χ3v) is 9.26. The Labute approximate surface area is 246 Å². The van der Waals surface area contributed by atoms with Crippen molar-refractivity contribution in [1.29, 1.82) is 0 Å². The fourth-order valence-corrected chi connectivity index (χ4v) is 7.26. The lowest BCUT2D eigenvalue weighted by Crippen LogP contribution is -1.92. The monoisotopic (exact) mass is 640 g/mol. The van der Waals surface area contributed by atoms with Crippen molar-refractivity contribution in [3.8, 4) is 22.3 Å². The molecule has 11 heteroatoms. The molecule has 0 amide bonds. The summed E-state index contributed by atoms with van der Waals surface area (Å²) in [5.41, 5.74) is 14.8. The molecule has 4 N–H and O–H groups in total. The van der Waals surface area contributed by atoms with Gasteiger partial charge in [-0.05, 0) is 36.4 Å². The summed E-state index contributed by atoms with van der Waals surface area (Å²) in [4.78, 5) is 0.946. The molecule has 4 aromatic carbocycles. The molecule has 0 saturated heterocycles. The summed E-state index contributed by atoms with van der Waals surface area (Å²) in [7, 11) is 0. The largest absolute Gasteiger partial charge is 0.399 e. The van der Waals surface area contributed by atoms with Crippen molar-refractivity contribution in [2.75, 3.05) is 11.5 Å². The number of benzene rings is 4. The predicted octanol–water partition coefficient (Wildman–Crippen LogP) is 11.6. The molecule has 0 aliphatic carbocycles. The lowest BCUT2D eigenvalue weighted by atomic mass is 10.0. The number of nitrogens with two attached hydrogens (primary N) is 2. The number of anilines is 2. The van der Waals surface area contributed by atoms with E-state index in [4.69, 9.17) is 104 Å². The summed E-state index contributed by atoms with van der Waals surface area (Å²) in [6.45, 7) is 0. The second-order valence-electron chi connectivity index (χ2n) is 7.30. The van der Waals surface area contributed by atoms with Crippen LogP contribution in [0.4, 0.5) is 11.4 Å². The number of halogens is 8. The Hall–Kier alpha value is -0.850. The van der Waals surface area contributed by atoms with Crippen molar-refractivity contribution in [3.05, 3.63) is 88.7 Å². The van der Waals surface area contributed by atoms with Gasteiger partial charge in [-0.3, -0.25) is 0 Å². The minimum absolute atomic E-state index is 0.272. The number of hydrogen-bond acceptors (Lipinski definition) is 3. The van der Waals surface area contributed by atoms with E-state index >= 15 is 0 Å². The highest BCUT2D eigenvalue weighted by Gasteiger charge is 2.24. The summed E-state index contributed by atoms with van der Waals surface area (Å²) in [6.07, 6.45) is 0. The van der Waals surface area contributed by atoms with Gasteiger partial charge in [0.15, 0.2) is 0 Å². The van der Waals surface area contributed by atoms with Crippen LogP contribution in [-0.4, -0.2) is 0 Å². The topological polar surface area (TPSA) is 52.0 Å². The van der Waals surface area contributed by atoms with Crippen molar-refractivity contribution >= 4 is 116 Å². The van der Waals surface area contributed by atoms with Crippen LogP contribution in [0.1, 0.15) is 0 Å². The summed E-state index contributed by atoms with van der Waals surface area (Å²) in [6, 6.07) is 13.2. The van der Waals surface area contributed by atoms with Gasteiger partial charge < -0.3 is 11.5 Å². The van der Waals surface area contributed by atoms with Gasteiger partial charge in [0.05, 0.1) is 50.0 Å². The molecule has 0 aromatic heterocycles. The number of rotatable bonds is 4. The zero-order valence-electron chi connectivity index (χ0n) is 17.2. The zero-order valence-corrected chi connectivity index (χ0v) is 24.1. The van der Waals surface area contributed by atoms with E-state index < -0.39 is 0 Å². The Morgan fingerprint density at radius 1 is 0.457 bits per heavy atom. The van der Waals surface area contributed by atoms with Crippen LogP contribution < -0.4 is 11.5 Å². The van der Waals surface area contributed by atoms with Crippen molar-refractivity contribution in [2.24, 2.45) is 0 Å². The maximum Gasteiger partial charge on any atom is 0.0654 e. The molecule has 0 saturated carbocycles. The lowest BCUT2D eigenvalue weighted by Gasteiger charge is -2.18. The Balaban J connectivity index is 1.90. The zero-order chi connectivity index (χ0) is 25.6. The molecule has 35 heavy (non-hydrogen) atoms. The fourth-order valence-electron chi connectivity index (χ4n) is 3.40. The van der Waals surface area contributed by atoms with Gasteiger partial charge >= 0.3 is 0 Å². The molecule has 0 bridgehead atoms. The van der Waals surface area contributed by atoms with E-state index in [-0.39, 0.29) is 10.0 Å². The first-order valence-electron chi connectivity index (χ1n) is 9.63. The number of hydrogen-bond donors (Lipinski definition) is 2. The average Bonchev–Trinajstić information content (AvgIpc) is 2.75. The molecule has 0 spiro atoms. The Morgan fingerprint density at radius 2 is 0.829 bits per heavy atom. The van der Waals surface area contributed by atoms with E-state index in [1.807, 2.05) is 0 Å². The van der Waals surface area contributed by atoms with Gasteiger partial charge in [-0.1, -0.05) is 117 Å². The molecule has 4 aromatic rings. The first-order chi connectivity index (χ1) is 16.5. The molecule has 0 heterocycles. The molecule has 0 fully saturated rings. The van der Waals surface area contributed by atoms with Gasteiger partial charge in [0.2, 0.25) is 0 Å². The van der Waals surface area contributed by atoms with Crippen molar-refractivity contribution in [2.45, 2.75) is 9.79 Å². The summed E-state index contributed by atoms with van der Waals surface area (Å²) < 4.78 is 0. The van der Waals surface area contributed by atoms with Gasteiger partial charge in [-0.2, -0.15) is 0 Å². The van der Waals surface area contributed by atoms with Gasteiger partial charge in [0, 0.05) is 33.6 Å². The first-order valence-corrected chi connectivity index (χ1v) is 13.5. The van der Waals surface area contributed by atoms with Gasteiger partial charge in [0.25, 0.3) is 0 Å². The van der Waals surface area contributed by atoms with Crippen LogP contribution in [0.3, 0.4) is 0 Å². The van der Waals surface area contributed by atoms with E-state index in [1.54, 1.807) is 48.5 Å². The third kappa shape index (κ3) is 5.40. The molecule has 0 unspecified atom stereocenters. The third-order valence-electron chi connectivity index (χ3n) is 4.99. The Kier molecular flexibility index (Phi) is 8.44. The van der Waals surface area contributed by atoms with Gasteiger partial charge in [-0.25, -0.2) is 0 Å². The second-order valence-corrected chi connectivity index (χ2v) is 11.5. The van der Waals surface area contributed by atoms with E-state index in [0.717, 1.165) is 0 Å². The fraction of sp³-hybridized carbons (Fsp3) is 0. The predicted molar refractivity (Wildman–Crippen MR) is 157 cm³/mol. The molecule has 4 rings (SSSR count). The first kappa shape index (κ1) is 27.2.